The van der Waals surface area contributed by atoms with Gasteiger partial charge in [0.15, 0.2) is 0 Å². The van der Waals surface area contributed by atoms with Crippen LogP contribution in [-0.4, -0.2) is 19.9 Å². The fourth-order valence-corrected chi connectivity index (χ4v) is 1.78. The zero-order chi connectivity index (χ0) is 13.2. The molecule has 2 aromatic heterocycles. The summed E-state index contributed by atoms with van der Waals surface area (Å²) >= 11 is 0. The van der Waals surface area contributed by atoms with Gasteiger partial charge in [0.1, 0.15) is 11.4 Å². The Morgan fingerprint density at radius 3 is 2.78 bits per heavy atom. The van der Waals surface area contributed by atoms with E-state index in [1.807, 2.05) is 0 Å². The molecule has 18 heavy (non-hydrogen) atoms. The van der Waals surface area contributed by atoms with Gasteiger partial charge in [-0.05, 0) is 25.5 Å². The summed E-state index contributed by atoms with van der Waals surface area (Å²) in [5.41, 5.74) is -0.213. The molecular weight excluding hydrogens is 233 g/mol. The summed E-state index contributed by atoms with van der Waals surface area (Å²) in [6, 6.07) is 2.76. The van der Waals surface area contributed by atoms with Crippen LogP contribution in [0.15, 0.2) is 30.7 Å². The van der Waals surface area contributed by atoms with Crippen molar-refractivity contribution in [2.45, 2.75) is 32.4 Å². The van der Waals surface area contributed by atoms with Gasteiger partial charge < -0.3 is 5.11 Å². The van der Waals surface area contributed by atoms with Crippen LogP contribution < -0.4 is 0 Å². The molecule has 1 atom stereocenters. The van der Waals surface area contributed by atoms with E-state index in [0.717, 1.165) is 19.2 Å². The van der Waals surface area contributed by atoms with E-state index in [1.165, 1.54) is 12.1 Å². The number of aliphatic hydroxyl groups is 1. The van der Waals surface area contributed by atoms with Crippen molar-refractivity contribution in [2.24, 2.45) is 0 Å². The number of pyridine rings is 1. The van der Waals surface area contributed by atoms with E-state index in [9.17, 15) is 9.50 Å². The van der Waals surface area contributed by atoms with Crippen molar-refractivity contribution in [3.8, 4) is 0 Å². The largest absolute Gasteiger partial charge is 0.379 e. The average molecular weight is 249 g/mol. The fraction of sp³-hybridized carbons (Fsp3) is 0.385. The second kappa shape index (κ2) is 4.86. The zero-order valence-corrected chi connectivity index (χ0v) is 10.5. The summed E-state index contributed by atoms with van der Waals surface area (Å²) in [4.78, 5) is 3.92. The van der Waals surface area contributed by atoms with E-state index in [0.29, 0.717) is 11.3 Å². The van der Waals surface area contributed by atoms with E-state index in [1.54, 1.807) is 24.0 Å². The van der Waals surface area contributed by atoms with Crippen molar-refractivity contribution in [1.82, 2.24) is 14.8 Å². The van der Waals surface area contributed by atoms with Gasteiger partial charge in [-0.2, -0.15) is 5.10 Å². The fourth-order valence-electron chi connectivity index (χ4n) is 1.78. The van der Waals surface area contributed by atoms with Crippen LogP contribution in [0.1, 0.15) is 31.5 Å². The molecule has 4 nitrogen and oxygen atoms in total. The Bertz CT molecular complexity index is 519. The number of nitrogens with zero attached hydrogens (tertiary/aromatic N) is 3. The minimum absolute atomic E-state index is 0.403. The van der Waals surface area contributed by atoms with Gasteiger partial charge in [0.2, 0.25) is 0 Å². The molecule has 0 aliphatic heterocycles. The highest BCUT2D eigenvalue weighted by atomic mass is 19.1. The molecule has 0 aliphatic carbocycles. The maximum absolute atomic E-state index is 12.8. The molecule has 0 bridgehead atoms. The quantitative estimate of drug-likeness (QED) is 0.902. The molecule has 0 aliphatic rings. The van der Waals surface area contributed by atoms with Gasteiger partial charge in [0, 0.05) is 18.3 Å². The number of hydrogen-bond acceptors (Lipinski definition) is 3. The molecule has 1 N–H and O–H groups in total. The van der Waals surface area contributed by atoms with E-state index < -0.39 is 11.4 Å². The molecule has 5 heteroatoms. The third-order valence-electron chi connectivity index (χ3n) is 2.87. The molecule has 0 spiro atoms. The van der Waals surface area contributed by atoms with Gasteiger partial charge >= 0.3 is 0 Å². The summed E-state index contributed by atoms with van der Waals surface area (Å²) in [6.45, 7) is 4.48. The Balaban J connectivity index is 2.31. The number of rotatable bonds is 4. The topological polar surface area (TPSA) is 50.9 Å². The first-order valence-electron chi connectivity index (χ1n) is 5.91. The Labute approximate surface area is 105 Å². The molecule has 2 rings (SSSR count). The normalized spacial score (nSPS) is 14.4. The molecule has 0 saturated carbocycles. The third-order valence-corrected chi connectivity index (χ3v) is 2.87. The first-order valence-corrected chi connectivity index (χ1v) is 5.91. The average Bonchev–Trinajstić information content (AvgIpc) is 2.79. The van der Waals surface area contributed by atoms with Crippen LogP contribution in [0.4, 0.5) is 4.39 Å². The number of aromatic nitrogens is 3. The van der Waals surface area contributed by atoms with E-state index >= 15 is 0 Å². The van der Waals surface area contributed by atoms with Gasteiger partial charge in [-0.1, -0.05) is 6.92 Å². The van der Waals surface area contributed by atoms with Crippen LogP contribution in [0.25, 0.3) is 0 Å². The van der Waals surface area contributed by atoms with E-state index in [-0.39, 0.29) is 0 Å². The lowest BCUT2D eigenvalue weighted by molar-refractivity contribution is 0.0971. The minimum atomic E-state index is -1.26. The molecular formula is C13H16FN3O. The lowest BCUT2D eigenvalue weighted by atomic mass is 9.95. The summed E-state index contributed by atoms with van der Waals surface area (Å²) in [7, 11) is 0. The summed E-state index contributed by atoms with van der Waals surface area (Å²) < 4.78 is 14.6. The van der Waals surface area contributed by atoms with Crippen LogP contribution in [0.3, 0.4) is 0 Å². The monoisotopic (exact) mass is 249 g/mol. The lowest BCUT2D eigenvalue weighted by Gasteiger charge is -2.20. The van der Waals surface area contributed by atoms with Gasteiger partial charge in [-0.3, -0.25) is 9.67 Å². The van der Waals surface area contributed by atoms with Crippen LogP contribution in [0.2, 0.25) is 0 Å². The highest BCUT2D eigenvalue weighted by molar-refractivity contribution is 5.27. The molecule has 0 fully saturated rings. The van der Waals surface area contributed by atoms with Crippen molar-refractivity contribution in [1.29, 1.82) is 0 Å². The van der Waals surface area contributed by atoms with Crippen molar-refractivity contribution in [2.75, 3.05) is 0 Å². The van der Waals surface area contributed by atoms with Gasteiger partial charge in [-0.15, -0.1) is 0 Å². The lowest BCUT2D eigenvalue weighted by Crippen LogP contribution is -2.23. The molecule has 0 amide bonds. The summed E-state index contributed by atoms with van der Waals surface area (Å²) in [5, 5.41) is 14.7. The SMILES string of the molecule is CCCn1cc(C(C)(O)c2ccc(F)cn2)cn1. The molecule has 0 aromatic carbocycles. The van der Waals surface area contributed by atoms with Crippen molar-refractivity contribution in [3.05, 3.63) is 47.8 Å². The Morgan fingerprint density at radius 1 is 1.39 bits per heavy atom. The van der Waals surface area contributed by atoms with Crippen LogP contribution >= 0.6 is 0 Å². The first-order chi connectivity index (χ1) is 8.54. The summed E-state index contributed by atoms with van der Waals surface area (Å²) in [6.07, 6.45) is 5.47. The Kier molecular flexibility index (Phi) is 3.43. The van der Waals surface area contributed by atoms with Gasteiger partial charge in [-0.25, -0.2) is 4.39 Å². The maximum Gasteiger partial charge on any atom is 0.141 e. The minimum Gasteiger partial charge on any atom is -0.379 e. The second-order valence-electron chi connectivity index (χ2n) is 4.43. The number of hydrogen-bond donors (Lipinski definition) is 1. The Hall–Kier alpha value is -1.75. The molecule has 96 valence electrons. The van der Waals surface area contributed by atoms with Gasteiger partial charge in [0.25, 0.3) is 0 Å². The standard InChI is InChI=1S/C13H16FN3O/c1-3-6-17-9-10(7-16-17)13(2,18)12-5-4-11(14)8-15-12/h4-5,7-9,18H,3,6H2,1-2H3. The van der Waals surface area contributed by atoms with Crippen LogP contribution in [0, 0.1) is 5.82 Å². The molecule has 0 saturated heterocycles. The summed E-state index contributed by atoms with van der Waals surface area (Å²) in [5.74, 6) is -0.420. The van der Waals surface area contributed by atoms with Crippen molar-refractivity contribution in [3.63, 3.8) is 0 Å². The highest BCUT2D eigenvalue weighted by Crippen LogP contribution is 2.27. The van der Waals surface area contributed by atoms with Crippen LogP contribution in [0.5, 0.6) is 0 Å². The zero-order valence-electron chi connectivity index (χ0n) is 10.5. The predicted molar refractivity (Wildman–Crippen MR) is 65.4 cm³/mol. The second-order valence-corrected chi connectivity index (χ2v) is 4.43. The maximum atomic E-state index is 12.8. The van der Waals surface area contributed by atoms with Crippen LogP contribution in [-0.2, 0) is 12.1 Å². The van der Waals surface area contributed by atoms with E-state index in [2.05, 4.69) is 17.0 Å². The third kappa shape index (κ3) is 2.41. The van der Waals surface area contributed by atoms with Gasteiger partial charge in [0.05, 0.1) is 18.1 Å². The molecule has 2 heterocycles. The molecule has 2 aromatic rings. The van der Waals surface area contributed by atoms with Crippen molar-refractivity contribution < 1.29 is 9.50 Å². The number of aryl methyl sites for hydroxylation is 1. The van der Waals surface area contributed by atoms with Crippen molar-refractivity contribution >= 4 is 0 Å². The smallest absolute Gasteiger partial charge is 0.141 e. The molecule has 1 unspecified atom stereocenters. The first kappa shape index (κ1) is 12.7. The molecule has 0 radical (unpaired) electrons. The predicted octanol–water partition coefficient (Wildman–Crippen LogP) is 2.08. The number of halogens is 1. The Morgan fingerprint density at radius 2 is 2.17 bits per heavy atom. The van der Waals surface area contributed by atoms with E-state index in [4.69, 9.17) is 0 Å². The highest BCUT2D eigenvalue weighted by Gasteiger charge is 2.28.